The number of carbonyl (C=O) groups excluding carboxylic acids is 4. The lowest BCUT2D eigenvalue weighted by atomic mass is 9.79. The van der Waals surface area contributed by atoms with Crippen LogP contribution in [-0.2, 0) is 14.4 Å². The number of urea groups is 1. The zero-order valence-corrected chi connectivity index (χ0v) is 14.4. The quantitative estimate of drug-likeness (QED) is 0.769. The highest BCUT2D eigenvalue weighted by Crippen LogP contribution is 2.36. The number of imide groups is 2. The summed E-state index contributed by atoms with van der Waals surface area (Å²) < 4.78 is 0. The van der Waals surface area contributed by atoms with Crippen LogP contribution in [-0.4, -0.2) is 58.8 Å². The number of rotatable bonds is 4. The molecule has 0 spiro atoms. The maximum absolute atomic E-state index is 13.3. The molecule has 1 aromatic rings. The van der Waals surface area contributed by atoms with Gasteiger partial charge in [0.05, 0.1) is 5.92 Å². The van der Waals surface area contributed by atoms with E-state index < -0.39 is 29.3 Å². The van der Waals surface area contributed by atoms with Gasteiger partial charge in [-0.1, -0.05) is 30.3 Å². The fraction of sp³-hybridized carbons (Fsp3) is 0.316. The molecule has 2 unspecified atom stereocenters. The van der Waals surface area contributed by atoms with Gasteiger partial charge in [-0.05, 0) is 24.1 Å². The van der Waals surface area contributed by atoms with Crippen LogP contribution in [0.1, 0.15) is 24.8 Å². The molecule has 4 amide bonds. The average Bonchev–Trinajstić information content (AvgIpc) is 3.13. The second kappa shape index (κ2) is 7.03. The summed E-state index contributed by atoms with van der Waals surface area (Å²) in [6.07, 6.45) is 5.75. The fourth-order valence-corrected chi connectivity index (χ4v) is 3.36. The number of hydrogen-bond acceptors (Lipinski definition) is 5. The molecule has 0 bridgehead atoms. The number of aldehydes is 1. The number of allylic oxidation sites excluding steroid dienone is 1. The Bertz CT molecular complexity index is 788. The number of hydrogen-bond donors (Lipinski definition) is 0. The van der Waals surface area contributed by atoms with Gasteiger partial charge in [0.25, 0.3) is 5.91 Å². The SMILES string of the molecule is CC(=O)N1CCCN(C(=O)C2(C(C=O)c3ccccc3)C=CC=N2)C1=O. The third kappa shape index (κ3) is 2.85. The predicted molar refractivity (Wildman–Crippen MR) is 94.7 cm³/mol. The summed E-state index contributed by atoms with van der Waals surface area (Å²) in [6, 6.07) is 8.19. The maximum atomic E-state index is 13.3. The molecule has 1 aromatic carbocycles. The molecule has 134 valence electrons. The van der Waals surface area contributed by atoms with E-state index in [1.165, 1.54) is 13.1 Å². The molecule has 0 N–H and O–H groups in total. The molecule has 1 saturated heterocycles. The maximum Gasteiger partial charge on any atom is 0.333 e. The molecule has 0 aromatic heterocycles. The Labute approximate surface area is 151 Å². The first kappa shape index (κ1) is 17.7. The standard InChI is InChI=1S/C19H19N3O4/c1-14(24)21-11-6-12-22(18(21)26)17(25)19(9-5-10-20-19)16(13-23)15-7-3-2-4-8-15/h2-5,7-10,13,16H,6,11-12H2,1H3. The summed E-state index contributed by atoms with van der Waals surface area (Å²) >= 11 is 0. The molecule has 3 rings (SSSR count). The Morgan fingerprint density at radius 2 is 1.88 bits per heavy atom. The van der Waals surface area contributed by atoms with Crippen LogP contribution in [0, 0.1) is 0 Å². The lowest BCUT2D eigenvalue weighted by molar-refractivity contribution is -0.137. The van der Waals surface area contributed by atoms with Crippen molar-refractivity contribution in [1.82, 2.24) is 9.80 Å². The van der Waals surface area contributed by atoms with Crippen molar-refractivity contribution in [2.75, 3.05) is 13.1 Å². The van der Waals surface area contributed by atoms with E-state index >= 15 is 0 Å². The summed E-state index contributed by atoms with van der Waals surface area (Å²) in [5, 5.41) is 0. The Morgan fingerprint density at radius 3 is 2.46 bits per heavy atom. The zero-order valence-electron chi connectivity index (χ0n) is 14.4. The van der Waals surface area contributed by atoms with Gasteiger partial charge in [-0.15, -0.1) is 0 Å². The third-order valence-electron chi connectivity index (χ3n) is 4.69. The van der Waals surface area contributed by atoms with Crippen molar-refractivity contribution in [3.8, 4) is 0 Å². The number of benzene rings is 1. The van der Waals surface area contributed by atoms with Gasteiger partial charge in [0.2, 0.25) is 5.91 Å². The van der Waals surface area contributed by atoms with Crippen LogP contribution in [0.4, 0.5) is 4.79 Å². The van der Waals surface area contributed by atoms with Crippen LogP contribution in [0.5, 0.6) is 0 Å². The summed E-state index contributed by atoms with van der Waals surface area (Å²) in [5.74, 6) is -1.88. The minimum absolute atomic E-state index is 0.187. The van der Waals surface area contributed by atoms with E-state index in [0.717, 1.165) is 9.80 Å². The van der Waals surface area contributed by atoms with Crippen molar-refractivity contribution < 1.29 is 19.2 Å². The summed E-state index contributed by atoms with van der Waals surface area (Å²) in [4.78, 5) is 55.8. The van der Waals surface area contributed by atoms with Crippen molar-refractivity contribution >= 4 is 30.3 Å². The van der Waals surface area contributed by atoms with Crippen LogP contribution < -0.4 is 0 Å². The van der Waals surface area contributed by atoms with E-state index in [9.17, 15) is 19.2 Å². The highest BCUT2D eigenvalue weighted by molar-refractivity contribution is 6.08. The molecular formula is C19H19N3O4. The van der Waals surface area contributed by atoms with E-state index in [4.69, 9.17) is 0 Å². The molecule has 2 aliphatic rings. The van der Waals surface area contributed by atoms with E-state index in [1.807, 2.05) is 6.07 Å². The van der Waals surface area contributed by atoms with Crippen LogP contribution in [0.2, 0.25) is 0 Å². The molecule has 2 aliphatic heterocycles. The number of nitrogens with zero attached hydrogens (tertiary/aromatic N) is 3. The molecular weight excluding hydrogens is 334 g/mol. The average molecular weight is 353 g/mol. The van der Waals surface area contributed by atoms with E-state index in [1.54, 1.807) is 36.4 Å². The minimum atomic E-state index is -1.52. The molecule has 0 saturated carbocycles. The third-order valence-corrected chi connectivity index (χ3v) is 4.69. The van der Waals surface area contributed by atoms with Crippen LogP contribution in [0.15, 0.2) is 47.5 Å². The second-order valence-electron chi connectivity index (χ2n) is 6.25. The van der Waals surface area contributed by atoms with Crippen LogP contribution in [0.25, 0.3) is 0 Å². The number of amides is 4. The Kier molecular flexibility index (Phi) is 4.79. The van der Waals surface area contributed by atoms with Gasteiger partial charge >= 0.3 is 6.03 Å². The molecule has 26 heavy (non-hydrogen) atoms. The van der Waals surface area contributed by atoms with Gasteiger partial charge in [-0.2, -0.15) is 0 Å². The Hall–Kier alpha value is -3.09. The first-order valence-corrected chi connectivity index (χ1v) is 8.38. The normalized spacial score (nSPS) is 23.2. The van der Waals surface area contributed by atoms with Gasteiger partial charge in [0, 0.05) is 26.2 Å². The minimum Gasteiger partial charge on any atom is -0.303 e. The van der Waals surface area contributed by atoms with Crippen molar-refractivity contribution in [2.45, 2.75) is 24.8 Å². The summed E-state index contributed by atoms with van der Waals surface area (Å²) in [5.41, 5.74) is -0.883. The zero-order chi connectivity index (χ0) is 18.7. The molecule has 1 fully saturated rings. The topological polar surface area (TPSA) is 87.1 Å². The van der Waals surface area contributed by atoms with Gasteiger partial charge in [0.1, 0.15) is 6.29 Å². The van der Waals surface area contributed by atoms with Crippen LogP contribution >= 0.6 is 0 Å². The predicted octanol–water partition coefficient (Wildman–Crippen LogP) is 1.55. The van der Waals surface area contributed by atoms with Crippen molar-refractivity contribution in [2.24, 2.45) is 4.99 Å². The highest BCUT2D eigenvalue weighted by atomic mass is 16.2. The second-order valence-corrected chi connectivity index (χ2v) is 6.25. The number of carbonyl (C=O) groups is 4. The summed E-state index contributed by atoms with van der Waals surface area (Å²) in [7, 11) is 0. The van der Waals surface area contributed by atoms with E-state index in [2.05, 4.69) is 4.99 Å². The molecule has 7 heteroatoms. The smallest absolute Gasteiger partial charge is 0.303 e. The Morgan fingerprint density at radius 1 is 1.19 bits per heavy atom. The molecule has 2 atom stereocenters. The van der Waals surface area contributed by atoms with Crippen molar-refractivity contribution in [3.05, 3.63) is 48.0 Å². The fourth-order valence-electron chi connectivity index (χ4n) is 3.36. The van der Waals surface area contributed by atoms with Crippen molar-refractivity contribution in [3.63, 3.8) is 0 Å². The molecule has 7 nitrogen and oxygen atoms in total. The van der Waals surface area contributed by atoms with Crippen LogP contribution in [0.3, 0.4) is 0 Å². The van der Waals surface area contributed by atoms with Gasteiger partial charge in [-0.25, -0.2) is 4.79 Å². The lowest BCUT2D eigenvalue weighted by Gasteiger charge is -2.38. The lowest BCUT2D eigenvalue weighted by Crippen LogP contribution is -2.59. The van der Waals surface area contributed by atoms with E-state index in [0.29, 0.717) is 18.3 Å². The number of aliphatic imine (C=N–C) groups is 1. The van der Waals surface area contributed by atoms with E-state index in [-0.39, 0.29) is 13.1 Å². The van der Waals surface area contributed by atoms with Gasteiger partial charge in [0.15, 0.2) is 5.54 Å². The molecule has 2 heterocycles. The first-order valence-electron chi connectivity index (χ1n) is 8.38. The Balaban J connectivity index is 2.00. The molecule has 0 radical (unpaired) electrons. The molecule has 0 aliphatic carbocycles. The highest BCUT2D eigenvalue weighted by Gasteiger charge is 2.50. The largest absolute Gasteiger partial charge is 0.333 e. The van der Waals surface area contributed by atoms with Gasteiger partial charge in [-0.3, -0.25) is 24.4 Å². The monoisotopic (exact) mass is 353 g/mol. The van der Waals surface area contributed by atoms with Gasteiger partial charge < -0.3 is 4.79 Å². The summed E-state index contributed by atoms with van der Waals surface area (Å²) in [6.45, 7) is 1.75. The first-order chi connectivity index (χ1) is 12.5. The van der Waals surface area contributed by atoms with Crippen molar-refractivity contribution in [1.29, 1.82) is 0 Å².